The van der Waals surface area contributed by atoms with Crippen LogP contribution in [0.15, 0.2) is 61.2 Å². The standard InChI is InChI=1S/C24H27NO6S/c1-2-11-30-23(28)22(15-32-14-16(27)12-26)25-24(29)31-13-21-19-9-5-3-7-17(19)18-8-4-6-10-20(18)21/h2-10,16,21-22,26-27H,1,11-15H2,(H,25,29)/t16-,22-/m1/s1. The van der Waals surface area contributed by atoms with Crippen LogP contribution in [0, 0.1) is 0 Å². The molecule has 3 N–H and O–H groups in total. The maximum Gasteiger partial charge on any atom is 0.407 e. The van der Waals surface area contributed by atoms with Crippen molar-refractivity contribution in [2.24, 2.45) is 0 Å². The fourth-order valence-corrected chi connectivity index (χ4v) is 4.54. The van der Waals surface area contributed by atoms with Crippen LogP contribution in [0.25, 0.3) is 11.1 Å². The van der Waals surface area contributed by atoms with Crippen molar-refractivity contribution in [1.29, 1.82) is 0 Å². The van der Waals surface area contributed by atoms with Crippen molar-refractivity contribution in [2.75, 3.05) is 31.3 Å². The first-order valence-electron chi connectivity index (χ1n) is 10.3. The number of fused-ring (bicyclic) bond motifs is 3. The van der Waals surface area contributed by atoms with Crippen LogP contribution in [0.2, 0.25) is 0 Å². The summed E-state index contributed by atoms with van der Waals surface area (Å²) in [6, 6.07) is 15.1. The van der Waals surface area contributed by atoms with Gasteiger partial charge in [-0.3, -0.25) is 0 Å². The van der Waals surface area contributed by atoms with Crippen LogP contribution in [0.5, 0.6) is 0 Å². The summed E-state index contributed by atoms with van der Waals surface area (Å²) in [6.07, 6.45) is -0.194. The van der Waals surface area contributed by atoms with Gasteiger partial charge in [0.05, 0.1) is 12.7 Å². The zero-order valence-electron chi connectivity index (χ0n) is 17.6. The lowest BCUT2D eigenvalue weighted by atomic mass is 9.98. The summed E-state index contributed by atoms with van der Waals surface area (Å²) >= 11 is 1.22. The van der Waals surface area contributed by atoms with Crippen LogP contribution in [0.1, 0.15) is 17.0 Å². The minimum Gasteiger partial charge on any atom is -0.460 e. The van der Waals surface area contributed by atoms with E-state index in [1.807, 2.05) is 36.4 Å². The van der Waals surface area contributed by atoms with Crippen LogP contribution in [0.4, 0.5) is 4.79 Å². The summed E-state index contributed by atoms with van der Waals surface area (Å²) < 4.78 is 10.6. The topological polar surface area (TPSA) is 105 Å². The third-order valence-electron chi connectivity index (χ3n) is 5.07. The summed E-state index contributed by atoms with van der Waals surface area (Å²) in [5.41, 5.74) is 4.44. The van der Waals surface area contributed by atoms with E-state index in [1.54, 1.807) is 0 Å². The number of benzene rings is 2. The Kier molecular flexibility index (Phi) is 8.72. The highest BCUT2D eigenvalue weighted by atomic mass is 32.2. The van der Waals surface area contributed by atoms with E-state index >= 15 is 0 Å². The minimum atomic E-state index is -0.957. The van der Waals surface area contributed by atoms with Crippen LogP contribution < -0.4 is 5.32 Å². The molecule has 0 fully saturated rings. The maximum atomic E-state index is 12.5. The Morgan fingerprint density at radius 1 is 1.06 bits per heavy atom. The second-order valence-electron chi connectivity index (χ2n) is 7.32. The molecule has 0 aliphatic heterocycles. The molecule has 1 aliphatic rings. The molecule has 2 aromatic carbocycles. The number of amides is 1. The summed E-state index contributed by atoms with van der Waals surface area (Å²) in [5, 5.41) is 21.0. The molecule has 1 amide bonds. The molecule has 1 aliphatic carbocycles. The minimum absolute atomic E-state index is 0.0195. The predicted octanol–water partition coefficient (Wildman–Crippen LogP) is 2.71. The Hall–Kier alpha value is -2.81. The molecule has 0 bridgehead atoms. The Balaban J connectivity index is 1.62. The van der Waals surface area contributed by atoms with E-state index in [-0.39, 0.29) is 37.2 Å². The van der Waals surface area contributed by atoms with Gasteiger partial charge in [0, 0.05) is 17.4 Å². The van der Waals surface area contributed by atoms with Gasteiger partial charge >= 0.3 is 12.1 Å². The highest BCUT2D eigenvalue weighted by Gasteiger charge is 2.30. The maximum absolute atomic E-state index is 12.5. The molecule has 7 nitrogen and oxygen atoms in total. The first-order valence-corrected chi connectivity index (χ1v) is 11.5. The Morgan fingerprint density at radius 2 is 1.69 bits per heavy atom. The SMILES string of the molecule is C=CCOC(=O)[C@@H](CSC[C@H](O)CO)NC(=O)OCC1c2ccccc2-c2ccccc21. The largest absolute Gasteiger partial charge is 0.460 e. The van der Waals surface area contributed by atoms with Gasteiger partial charge < -0.3 is 25.0 Å². The molecule has 0 aromatic heterocycles. The number of carbonyl (C=O) groups excluding carboxylic acids is 2. The first kappa shape index (κ1) is 23.8. The van der Waals surface area contributed by atoms with Crippen LogP contribution in [0.3, 0.4) is 0 Å². The molecular weight excluding hydrogens is 430 g/mol. The molecule has 170 valence electrons. The van der Waals surface area contributed by atoms with Gasteiger partial charge in [-0.2, -0.15) is 11.8 Å². The Bertz CT molecular complexity index is 904. The number of rotatable bonds is 11. The first-order chi connectivity index (χ1) is 15.5. The predicted molar refractivity (Wildman–Crippen MR) is 124 cm³/mol. The zero-order chi connectivity index (χ0) is 22.9. The number of aliphatic hydroxyl groups is 2. The molecule has 0 heterocycles. The number of esters is 1. The van der Waals surface area contributed by atoms with Gasteiger partial charge in [0.1, 0.15) is 19.3 Å². The van der Waals surface area contributed by atoms with Gasteiger partial charge in [0.2, 0.25) is 0 Å². The fourth-order valence-electron chi connectivity index (χ4n) is 3.57. The number of aliphatic hydroxyl groups excluding tert-OH is 2. The average Bonchev–Trinajstić information content (AvgIpc) is 3.14. The van der Waals surface area contributed by atoms with E-state index < -0.39 is 24.2 Å². The fraction of sp³-hybridized carbons (Fsp3) is 0.333. The van der Waals surface area contributed by atoms with E-state index in [4.69, 9.17) is 14.6 Å². The van der Waals surface area contributed by atoms with Gasteiger partial charge in [-0.15, -0.1) is 0 Å². The Labute approximate surface area is 191 Å². The van der Waals surface area contributed by atoms with Crippen molar-refractivity contribution in [3.05, 3.63) is 72.3 Å². The molecule has 3 rings (SSSR count). The van der Waals surface area contributed by atoms with Crippen molar-refractivity contribution < 1.29 is 29.3 Å². The summed E-state index contributed by atoms with van der Waals surface area (Å²) in [5.74, 6) is -0.330. The molecule has 2 atom stereocenters. The Morgan fingerprint density at radius 3 is 2.28 bits per heavy atom. The molecular formula is C24H27NO6S. The number of alkyl carbamates (subject to hydrolysis) is 1. The van der Waals surface area contributed by atoms with Gasteiger partial charge in [-0.1, -0.05) is 61.2 Å². The van der Waals surface area contributed by atoms with Gasteiger partial charge in [0.15, 0.2) is 0 Å². The molecule has 2 aromatic rings. The van der Waals surface area contributed by atoms with Gasteiger partial charge in [-0.25, -0.2) is 9.59 Å². The van der Waals surface area contributed by atoms with Gasteiger partial charge in [0.25, 0.3) is 0 Å². The smallest absolute Gasteiger partial charge is 0.407 e. The van der Waals surface area contributed by atoms with E-state index in [0.29, 0.717) is 0 Å². The second-order valence-corrected chi connectivity index (χ2v) is 8.39. The number of hydrogen-bond acceptors (Lipinski definition) is 7. The molecule has 32 heavy (non-hydrogen) atoms. The number of hydrogen-bond donors (Lipinski definition) is 3. The third-order valence-corrected chi connectivity index (χ3v) is 6.26. The lowest BCUT2D eigenvalue weighted by molar-refractivity contribution is -0.144. The highest BCUT2D eigenvalue weighted by molar-refractivity contribution is 7.99. The highest BCUT2D eigenvalue weighted by Crippen LogP contribution is 2.44. The zero-order valence-corrected chi connectivity index (χ0v) is 18.4. The van der Waals surface area contributed by atoms with E-state index in [2.05, 4.69) is 24.0 Å². The normalized spacial score (nSPS) is 14.1. The van der Waals surface area contributed by atoms with Crippen molar-refractivity contribution >= 4 is 23.8 Å². The number of ether oxygens (including phenoxy) is 2. The van der Waals surface area contributed by atoms with Crippen molar-refractivity contribution in [3.8, 4) is 11.1 Å². The number of carbonyl (C=O) groups is 2. The van der Waals surface area contributed by atoms with E-state index in [1.165, 1.54) is 17.8 Å². The average molecular weight is 458 g/mol. The number of nitrogens with one attached hydrogen (secondary N) is 1. The van der Waals surface area contributed by atoms with Crippen LogP contribution >= 0.6 is 11.8 Å². The third kappa shape index (κ3) is 5.91. The monoisotopic (exact) mass is 457 g/mol. The second kappa shape index (κ2) is 11.7. The van der Waals surface area contributed by atoms with E-state index in [9.17, 15) is 14.7 Å². The summed E-state index contributed by atoms with van der Waals surface area (Å²) in [6.45, 7) is 3.28. The lowest BCUT2D eigenvalue weighted by Crippen LogP contribution is -2.44. The molecule has 0 spiro atoms. The quantitative estimate of drug-likeness (QED) is 0.352. The van der Waals surface area contributed by atoms with Crippen molar-refractivity contribution in [3.63, 3.8) is 0 Å². The summed E-state index contributed by atoms with van der Waals surface area (Å²) in [4.78, 5) is 24.8. The van der Waals surface area contributed by atoms with Crippen molar-refractivity contribution in [2.45, 2.75) is 18.1 Å². The van der Waals surface area contributed by atoms with E-state index in [0.717, 1.165) is 22.3 Å². The molecule has 0 saturated carbocycles. The van der Waals surface area contributed by atoms with Gasteiger partial charge in [-0.05, 0) is 22.3 Å². The van der Waals surface area contributed by atoms with Crippen LogP contribution in [-0.4, -0.2) is 65.7 Å². The molecule has 8 heteroatoms. The van der Waals surface area contributed by atoms with Crippen LogP contribution in [-0.2, 0) is 14.3 Å². The summed E-state index contributed by atoms with van der Waals surface area (Å²) in [7, 11) is 0. The molecule has 0 radical (unpaired) electrons. The van der Waals surface area contributed by atoms with Crippen molar-refractivity contribution in [1.82, 2.24) is 5.32 Å². The lowest BCUT2D eigenvalue weighted by Gasteiger charge is -2.19. The number of thioether (sulfide) groups is 1. The molecule has 0 saturated heterocycles. The molecule has 0 unspecified atom stereocenters.